The van der Waals surface area contributed by atoms with Gasteiger partial charge in [0.2, 0.25) is 0 Å². The minimum atomic E-state index is -0.174. The van der Waals surface area contributed by atoms with Crippen LogP contribution in [0.25, 0.3) is 5.69 Å². The second-order valence-electron chi connectivity index (χ2n) is 5.05. The second kappa shape index (κ2) is 6.58. The summed E-state index contributed by atoms with van der Waals surface area (Å²) in [6, 6.07) is 14.4. The normalized spacial score (nSPS) is 11.9. The Hall–Kier alpha value is -2.73. The van der Waals surface area contributed by atoms with Crippen LogP contribution in [-0.4, -0.2) is 26.1 Å². The van der Waals surface area contributed by atoms with Gasteiger partial charge in [-0.05, 0) is 53.2 Å². The average molecular weight is 328 g/mol. The van der Waals surface area contributed by atoms with Gasteiger partial charge in [-0.15, -0.1) is 5.10 Å². The van der Waals surface area contributed by atoms with Gasteiger partial charge < -0.3 is 5.32 Å². The molecule has 3 aromatic rings. The van der Waals surface area contributed by atoms with Crippen LogP contribution < -0.4 is 5.32 Å². The molecule has 0 aliphatic heterocycles. The number of hydrogen-bond acceptors (Lipinski definition) is 4. The maximum atomic E-state index is 12.4. The highest BCUT2D eigenvalue weighted by Gasteiger charge is 2.12. The van der Waals surface area contributed by atoms with Crippen molar-refractivity contribution in [2.45, 2.75) is 13.0 Å². The van der Waals surface area contributed by atoms with Crippen molar-refractivity contribution in [2.24, 2.45) is 0 Å². The number of nitrogens with one attached hydrogen (secondary N) is 1. The van der Waals surface area contributed by atoms with Crippen molar-refractivity contribution in [3.63, 3.8) is 0 Å². The molecule has 0 saturated heterocycles. The SMILES string of the molecule is CC(NC(=O)c1cccc(-n2cnnn2)c1)c1cccc(Cl)c1. The number of amides is 1. The van der Waals surface area contributed by atoms with E-state index >= 15 is 0 Å². The Kier molecular flexibility index (Phi) is 4.34. The fraction of sp³-hybridized carbons (Fsp3) is 0.125. The highest BCUT2D eigenvalue weighted by atomic mass is 35.5. The highest BCUT2D eigenvalue weighted by molar-refractivity contribution is 6.30. The molecule has 0 radical (unpaired) electrons. The molecule has 7 heteroatoms. The van der Waals surface area contributed by atoms with Crippen LogP contribution >= 0.6 is 11.6 Å². The van der Waals surface area contributed by atoms with Crippen LogP contribution in [0.3, 0.4) is 0 Å². The zero-order valence-electron chi connectivity index (χ0n) is 12.3. The summed E-state index contributed by atoms with van der Waals surface area (Å²) in [6.45, 7) is 1.91. The van der Waals surface area contributed by atoms with E-state index in [1.807, 2.05) is 31.2 Å². The van der Waals surface area contributed by atoms with E-state index in [9.17, 15) is 4.79 Å². The van der Waals surface area contributed by atoms with Crippen molar-refractivity contribution < 1.29 is 4.79 Å². The van der Waals surface area contributed by atoms with Gasteiger partial charge in [-0.3, -0.25) is 4.79 Å². The van der Waals surface area contributed by atoms with Crippen LogP contribution in [0.1, 0.15) is 28.9 Å². The summed E-state index contributed by atoms with van der Waals surface area (Å²) in [7, 11) is 0. The third-order valence-electron chi connectivity index (χ3n) is 3.42. The van der Waals surface area contributed by atoms with E-state index in [0.717, 1.165) is 11.3 Å². The Labute approximate surface area is 138 Å². The third kappa shape index (κ3) is 3.54. The number of tetrazole rings is 1. The van der Waals surface area contributed by atoms with E-state index in [0.29, 0.717) is 10.6 Å². The molecule has 1 amide bonds. The van der Waals surface area contributed by atoms with Gasteiger partial charge in [-0.2, -0.15) is 0 Å². The van der Waals surface area contributed by atoms with Gasteiger partial charge in [0.1, 0.15) is 6.33 Å². The van der Waals surface area contributed by atoms with Gasteiger partial charge in [-0.25, -0.2) is 4.68 Å². The number of halogens is 1. The fourth-order valence-electron chi connectivity index (χ4n) is 2.21. The summed E-state index contributed by atoms with van der Waals surface area (Å²) in [5.41, 5.74) is 2.20. The molecule has 23 heavy (non-hydrogen) atoms. The van der Waals surface area contributed by atoms with E-state index < -0.39 is 0 Å². The predicted molar refractivity (Wildman–Crippen MR) is 86.5 cm³/mol. The molecular weight excluding hydrogens is 314 g/mol. The first kappa shape index (κ1) is 15.2. The van der Waals surface area contributed by atoms with Crippen LogP contribution in [0.15, 0.2) is 54.9 Å². The number of rotatable bonds is 4. The molecule has 3 rings (SSSR count). The van der Waals surface area contributed by atoms with E-state index in [-0.39, 0.29) is 11.9 Å². The van der Waals surface area contributed by atoms with Crippen LogP contribution in [0.5, 0.6) is 0 Å². The van der Waals surface area contributed by atoms with Crippen molar-refractivity contribution in [1.82, 2.24) is 25.5 Å². The molecule has 1 unspecified atom stereocenters. The first-order valence-corrected chi connectivity index (χ1v) is 7.41. The zero-order chi connectivity index (χ0) is 16.2. The molecule has 0 spiro atoms. The lowest BCUT2D eigenvalue weighted by atomic mass is 10.1. The quantitative estimate of drug-likeness (QED) is 0.799. The molecule has 0 bridgehead atoms. The maximum absolute atomic E-state index is 12.4. The van der Waals surface area contributed by atoms with E-state index in [1.54, 1.807) is 24.3 Å². The smallest absolute Gasteiger partial charge is 0.251 e. The Bertz CT molecular complexity index is 819. The average Bonchev–Trinajstić information content (AvgIpc) is 3.09. The molecule has 0 fully saturated rings. The molecule has 0 aliphatic rings. The first-order chi connectivity index (χ1) is 11.1. The first-order valence-electron chi connectivity index (χ1n) is 7.03. The summed E-state index contributed by atoms with van der Waals surface area (Å²) in [4.78, 5) is 12.4. The monoisotopic (exact) mass is 327 g/mol. The van der Waals surface area contributed by atoms with Crippen molar-refractivity contribution in [2.75, 3.05) is 0 Å². The predicted octanol–water partition coefficient (Wildman–Crippen LogP) is 2.81. The summed E-state index contributed by atoms with van der Waals surface area (Å²) in [6.07, 6.45) is 1.48. The molecule has 6 nitrogen and oxygen atoms in total. The standard InChI is InChI=1S/C16H14ClN5O/c1-11(12-4-2-6-14(17)8-12)19-16(23)13-5-3-7-15(9-13)22-10-18-20-21-22/h2-11H,1H3,(H,19,23). The van der Waals surface area contributed by atoms with E-state index in [4.69, 9.17) is 11.6 Å². The number of carbonyl (C=O) groups excluding carboxylic acids is 1. The summed E-state index contributed by atoms with van der Waals surface area (Å²) < 4.78 is 1.50. The highest BCUT2D eigenvalue weighted by Crippen LogP contribution is 2.18. The minimum Gasteiger partial charge on any atom is -0.346 e. The largest absolute Gasteiger partial charge is 0.346 e. The molecule has 0 saturated carbocycles. The van der Waals surface area contributed by atoms with Crippen molar-refractivity contribution in [3.8, 4) is 5.69 Å². The second-order valence-corrected chi connectivity index (χ2v) is 5.49. The summed E-state index contributed by atoms with van der Waals surface area (Å²) in [5.74, 6) is -0.174. The Morgan fingerprint density at radius 3 is 2.78 bits per heavy atom. The molecule has 1 N–H and O–H groups in total. The molecule has 2 aromatic carbocycles. The summed E-state index contributed by atoms with van der Waals surface area (Å²) >= 11 is 5.99. The molecule has 1 aromatic heterocycles. The Morgan fingerprint density at radius 1 is 1.22 bits per heavy atom. The fourth-order valence-corrected chi connectivity index (χ4v) is 2.41. The number of nitrogens with zero attached hydrogens (tertiary/aromatic N) is 4. The summed E-state index contributed by atoms with van der Waals surface area (Å²) in [5, 5.41) is 14.6. The number of benzene rings is 2. The van der Waals surface area contributed by atoms with Gasteiger partial charge in [0.05, 0.1) is 11.7 Å². The van der Waals surface area contributed by atoms with Gasteiger partial charge in [0.25, 0.3) is 5.91 Å². The molecule has 1 heterocycles. The lowest BCUT2D eigenvalue weighted by Gasteiger charge is -2.15. The van der Waals surface area contributed by atoms with Gasteiger partial charge in [0.15, 0.2) is 0 Å². The maximum Gasteiger partial charge on any atom is 0.251 e. The van der Waals surface area contributed by atoms with Gasteiger partial charge in [0, 0.05) is 10.6 Å². The molecule has 1 atom stereocenters. The molecule has 116 valence electrons. The van der Waals surface area contributed by atoms with Crippen molar-refractivity contribution in [3.05, 3.63) is 71.0 Å². The lowest BCUT2D eigenvalue weighted by Crippen LogP contribution is -2.26. The number of aromatic nitrogens is 4. The van der Waals surface area contributed by atoms with Gasteiger partial charge >= 0.3 is 0 Å². The zero-order valence-corrected chi connectivity index (χ0v) is 13.1. The Morgan fingerprint density at radius 2 is 2.04 bits per heavy atom. The van der Waals surface area contributed by atoms with Crippen molar-refractivity contribution >= 4 is 17.5 Å². The van der Waals surface area contributed by atoms with Crippen LogP contribution in [-0.2, 0) is 0 Å². The van der Waals surface area contributed by atoms with Crippen LogP contribution in [0, 0.1) is 0 Å². The Balaban J connectivity index is 1.77. The lowest BCUT2D eigenvalue weighted by molar-refractivity contribution is 0.0940. The van der Waals surface area contributed by atoms with Gasteiger partial charge in [-0.1, -0.05) is 29.8 Å². The topological polar surface area (TPSA) is 72.7 Å². The van der Waals surface area contributed by atoms with E-state index in [1.165, 1.54) is 11.0 Å². The number of hydrogen-bond donors (Lipinski definition) is 1. The third-order valence-corrected chi connectivity index (χ3v) is 3.65. The minimum absolute atomic E-state index is 0.155. The van der Waals surface area contributed by atoms with E-state index in [2.05, 4.69) is 20.8 Å². The van der Waals surface area contributed by atoms with Crippen molar-refractivity contribution in [1.29, 1.82) is 0 Å². The van der Waals surface area contributed by atoms with Crippen LogP contribution in [0.2, 0.25) is 5.02 Å². The molecule has 0 aliphatic carbocycles. The van der Waals surface area contributed by atoms with Crippen LogP contribution in [0.4, 0.5) is 0 Å². The molecular formula is C16H14ClN5O. The number of carbonyl (C=O) groups is 1.